The molecule has 1 aromatic heterocycles. The summed E-state index contributed by atoms with van der Waals surface area (Å²) in [6, 6.07) is 10.2. The van der Waals surface area contributed by atoms with E-state index in [4.69, 9.17) is 4.42 Å². The van der Waals surface area contributed by atoms with E-state index in [0.717, 1.165) is 22.3 Å². The topological polar surface area (TPSA) is 38.9 Å². The summed E-state index contributed by atoms with van der Waals surface area (Å²) in [5.74, 6) is 0.925. The summed E-state index contributed by atoms with van der Waals surface area (Å²) in [5, 5.41) is 8.46. The van der Waals surface area contributed by atoms with E-state index in [9.17, 15) is 0 Å². The smallest absolute Gasteiger partial charge is 0.255 e. The molecule has 0 spiro atoms. The van der Waals surface area contributed by atoms with Gasteiger partial charge in [0.2, 0.25) is 5.89 Å². The Morgan fingerprint density at radius 2 is 1.45 bits per heavy atom. The maximum atomic E-state index is 5.94. The predicted molar refractivity (Wildman–Crippen MR) is 118 cm³/mol. The fraction of sp³-hybridized carbons (Fsp3) is 0.154. The molecule has 0 bridgehead atoms. The van der Waals surface area contributed by atoms with Crippen LogP contribution in [0.2, 0.25) is 0 Å². The van der Waals surface area contributed by atoms with Gasteiger partial charge in [0.1, 0.15) is 0 Å². The van der Waals surface area contributed by atoms with E-state index < -0.39 is 0 Å². The average molecular weight is 378 g/mol. The predicted octanol–water partition coefficient (Wildman–Crippen LogP) is 6.34. The lowest BCUT2D eigenvalue weighted by atomic mass is 9.86. The van der Waals surface area contributed by atoms with Crippen molar-refractivity contribution < 1.29 is 4.42 Å². The molecule has 0 unspecified atom stereocenters. The van der Waals surface area contributed by atoms with Crippen LogP contribution < -0.4 is 0 Å². The van der Waals surface area contributed by atoms with Crippen LogP contribution >= 0.6 is 0 Å². The van der Waals surface area contributed by atoms with Gasteiger partial charge in [-0.2, -0.15) is 0 Å². The lowest BCUT2D eigenvalue weighted by Crippen LogP contribution is -2.06. The molecular weight excluding hydrogens is 356 g/mol. The number of hydrogen-bond acceptors (Lipinski definition) is 3. The van der Waals surface area contributed by atoms with E-state index in [1.54, 1.807) is 0 Å². The Kier molecular flexibility index (Phi) is 5.01. The van der Waals surface area contributed by atoms with Crippen molar-refractivity contribution in [2.24, 2.45) is 5.41 Å². The number of allylic oxidation sites excluding steroid dienone is 10. The van der Waals surface area contributed by atoms with E-state index >= 15 is 0 Å². The standard InChI is InChI=1S/C26H22N2O/c1-26(2,3)23-14-8-13-22(17-18-23)25-28-27-24(29-25)21-12-7-11-20(15-16-21)19-9-5-4-6-10-19/h4-10,12,14-18H,1-3H3. The van der Waals surface area contributed by atoms with Crippen molar-refractivity contribution in [1.29, 1.82) is 0 Å². The van der Waals surface area contributed by atoms with Crippen molar-refractivity contribution in [2.45, 2.75) is 20.8 Å². The van der Waals surface area contributed by atoms with E-state index in [2.05, 4.69) is 66.7 Å². The van der Waals surface area contributed by atoms with E-state index in [-0.39, 0.29) is 5.41 Å². The van der Waals surface area contributed by atoms with Crippen LogP contribution in [0.3, 0.4) is 0 Å². The highest BCUT2D eigenvalue weighted by atomic mass is 16.4. The molecule has 0 saturated carbocycles. The maximum absolute atomic E-state index is 5.94. The summed E-state index contributed by atoms with van der Waals surface area (Å²) in [5.41, 5.74) is 11.5. The van der Waals surface area contributed by atoms with Crippen LogP contribution in [0.25, 0.3) is 16.7 Å². The minimum Gasteiger partial charge on any atom is -0.415 e. The van der Waals surface area contributed by atoms with Gasteiger partial charge in [-0.25, -0.2) is 0 Å². The summed E-state index contributed by atoms with van der Waals surface area (Å²) in [4.78, 5) is 0. The molecule has 0 aliphatic heterocycles. The zero-order valence-corrected chi connectivity index (χ0v) is 16.8. The molecular formula is C26H22N2O. The second-order valence-corrected chi connectivity index (χ2v) is 7.89. The van der Waals surface area contributed by atoms with Gasteiger partial charge in [0, 0.05) is 11.1 Å². The molecule has 3 nitrogen and oxygen atoms in total. The molecule has 1 aromatic carbocycles. The van der Waals surface area contributed by atoms with Gasteiger partial charge in [0.15, 0.2) is 0 Å². The molecule has 29 heavy (non-hydrogen) atoms. The Morgan fingerprint density at radius 1 is 0.759 bits per heavy atom. The molecule has 0 saturated heterocycles. The van der Waals surface area contributed by atoms with Crippen molar-refractivity contribution in [1.82, 2.24) is 10.2 Å². The normalized spacial score (nSPS) is 16.0. The Morgan fingerprint density at radius 3 is 2.24 bits per heavy atom. The molecule has 0 fully saturated rings. The number of benzene rings is 1. The number of rotatable bonds is 3. The Hall–Kier alpha value is -3.64. The van der Waals surface area contributed by atoms with Crippen molar-refractivity contribution in [3.63, 3.8) is 0 Å². The van der Waals surface area contributed by atoms with Gasteiger partial charge < -0.3 is 4.42 Å². The van der Waals surface area contributed by atoms with Gasteiger partial charge in [-0.05, 0) is 53.0 Å². The van der Waals surface area contributed by atoms with Gasteiger partial charge >= 0.3 is 0 Å². The summed E-state index contributed by atoms with van der Waals surface area (Å²) in [7, 11) is 0. The molecule has 4 rings (SSSR count). The number of nitrogens with zero attached hydrogens (tertiary/aromatic N) is 2. The van der Waals surface area contributed by atoms with Gasteiger partial charge in [0.25, 0.3) is 5.89 Å². The molecule has 2 aromatic rings. The van der Waals surface area contributed by atoms with Crippen LogP contribution in [0, 0.1) is 5.41 Å². The van der Waals surface area contributed by atoms with E-state index in [0.29, 0.717) is 11.8 Å². The van der Waals surface area contributed by atoms with Crippen molar-refractivity contribution in [2.75, 3.05) is 0 Å². The van der Waals surface area contributed by atoms with Crippen LogP contribution in [0.15, 0.2) is 100 Å². The van der Waals surface area contributed by atoms with Crippen LogP contribution in [0.5, 0.6) is 0 Å². The first-order valence-corrected chi connectivity index (χ1v) is 9.61. The van der Waals surface area contributed by atoms with Crippen LogP contribution in [-0.2, 0) is 0 Å². The lowest BCUT2D eigenvalue weighted by Gasteiger charge is -2.19. The molecule has 2 aliphatic carbocycles. The highest BCUT2D eigenvalue weighted by Gasteiger charge is 2.17. The molecule has 0 amide bonds. The van der Waals surface area contributed by atoms with Gasteiger partial charge in [-0.1, -0.05) is 63.3 Å². The first kappa shape index (κ1) is 18.7. The van der Waals surface area contributed by atoms with Crippen LogP contribution in [0.4, 0.5) is 0 Å². The Bertz CT molecular complexity index is 1180. The fourth-order valence-corrected chi connectivity index (χ4v) is 3.02. The zero-order chi connectivity index (χ0) is 20.3. The minimum atomic E-state index is 0.0654. The summed E-state index contributed by atoms with van der Waals surface area (Å²) < 4.78 is 5.94. The maximum Gasteiger partial charge on any atom is 0.255 e. The number of aromatic nitrogens is 2. The third-order valence-corrected chi connectivity index (χ3v) is 4.72. The first-order chi connectivity index (χ1) is 14.0. The fourth-order valence-electron chi connectivity index (χ4n) is 3.02. The molecule has 0 radical (unpaired) electrons. The van der Waals surface area contributed by atoms with Gasteiger partial charge in [-0.3, -0.25) is 0 Å². The molecule has 0 atom stereocenters. The Balaban J connectivity index is 1.55. The highest BCUT2D eigenvalue weighted by molar-refractivity contribution is 5.81. The molecule has 2 aliphatic rings. The van der Waals surface area contributed by atoms with Crippen molar-refractivity contribution >= 4 is 16.7 Å². The SMILES string of the molecule is CC(C)(C)C1=CC=C=C(c2nnc(C3=CC=C=C(c4ccccc4)C=C3)o2)C=C1. The van der Waals surface area contributed by atoms with Crippen molar-refractivity contribution in [3.8, 4) is 0 Å². The minimum absolute atomic E-state index is 0.0654. The monoisotopic (exact) mass is 378 g/mol. The third kappa shape index (κ3) is 4.28. The quantitative estimate of drug-likeness (QED) is 0.585. The molecule has 3 heteroatoms. The summed E-state index contributed by atoms with van der Waals surface area (Å²) in [6.07, 6.45) is 15.8. The lowest BCUT2D eigenvalue weighted by molar-refractivity contribution is 0.517. The van der Waals surface area contributed by atoms with E-state index in [1.165, 1.54) is 5.57 Å². The molecule has 1 heterocycles. The second kappa shape index (κ2) is 7.77. The van der Waals surface area contributed by atoms with Crippen LogP contribution in [0.1, 0.15) is 38.1 Å². The summed E-state index contributed by atoms with van der Waals surface area (Å²) in [6.45, 7) is 6.55. The number of hydrogen-bond donors (Lipinski definition) is 0. The highest BCUT2D eigenvalue weighted by Crippen LogP contribution is 2.29. The third-order valence-electron chi connectivity index (χ3n) is 4.72. The van der Waals surface area contributed by atoms with Crippen LogP contribution in [-0.4, -0.2) is 10.2 Å². The molecule has 0 N–H and O–H groups in total. The summed E-state index contributed by atoms with van der Waals surface area (Å²) >= 11 is 0. The van der Waals surface area contributed by atoms with Gasteiger partial charge in [-0.15, -0.1) is 21.7 Å². The largest absolute Gasteiger partial charge is 0.415 e. The Labute approximate surface area is 171 Å². The van der Waals surface area contributed by atoms with Gasteiger partial charge in [0.05, 0.1) is 5.57 Å². The average Bonchev–Trinajstić information content (AvgIpc) is 2.92. The second-order valence-electron chi connectivity index (χ2n) is 7.89. The van der Waals surface area contributed by atoms with Crippen molar-refractivity contribution in [3.05, 3.63) is 113 Å². The molecule has 142 valence electrons. The first-order valence-electron chi connectivity index (χ1n) is 9.61. The zero-order valence-electron chi connectivity index (χ0n) is 16.8. The van der Waals surface area contributed by atoms with E-state index in [1.807, 2.05) is 54.7 Å².